The molecular formula is C12H12F3N5O. The van der Waals surface area contributed by atoms with Gasteiger partial charge in [0.2, 0.25) is 5.95 Å². The van der Waals surface area contributed by atoms with Crippen LogP contribution in [0.15, 0.2) is 10.9 Å². The topological polar surface area (TPSA) is 85.8 Å². The largest absolute Gasteiger partial charge is 0.417 e. The predicted octanol–water partition coefficient (Wildman–Crippen LogP) is 1.74. The van der Waals surface area contributed by atoms with Crippen LogP contribution in [-0.2, 0) is 6.18 Å². The molecule has 0 amide bonds. The predicted molar refractivity (Wildman–Crippen MR) is 69.6 cm³/mol. The molecule has 9 heteroatoms. The van der Waals surface area contributed by atoms with Crippen LogP contribution >= 0.6 is 0 Å². The highest BCUT2D eigenvalue weighted by Gasteiger charge is 2.37. The first kappa shape index (κ1) is 13.8. The molecule has 1 fully saturated rings. The van der Waals surface area contributed by atoms with Crippen molar-refractivity contribution in [3.8, 4) is 0 Å². The molecule has 0 saturated heterocycles. The molecule has 2 aromatic heterocycles. The lowest BCUT2D eigenvalue weighted by Crippen LogP contribution is -2.25. The van der Waals surface area contributed by atoms with Crippen molar-refractivity contribution in [2.45, 2.75) is 32.0 Å². The molecule has 3 rings (SSSR count). The molecule has 0 spiro atoms. The van der Waals surface area contributed by atoms with Gasteiger partial charge in [-0.2, -0.15) is 18.2 Å². The number of hydrazine groups is 1. The van der Waals surface area contributed by atoms with Gasteiger partial charge in [0.15, 0.2) is 0 Å². The van der Waals surface area contributed by atoms with E-state index in [-0.39, 0.29) is 23.3 Å². The average molecular weight is 299 g/mol. The number of nitrogens with two attached hydrogens (primary N) is 1. The Kier molecular flexibility index (Phi) is 2.90. The summed E-state index contributed by atoms with van der Waals surface area (Å²) in [4.78, 5) is 19.7. The van der Waals surface area contributed by atoms with Crippen molar-refractivity contribution >= 4 is 17.0 Å². The van der Waals surface area contributed by atoms with Crippen molar-refractivity contribution in [1.82, 2.24) is 14.5 Å². The molecule has 0 radical (unpaired) electrons. The van der Waals surface area contributed by atoms with E-state index >= 15 is 0 Å². The van der Waals surface area contributed by atoms with E-state index in [1.165, 1.54) is 11.5 Å². The molecule has 2 aromatic rings. The molecule has 0 aromatic carbocycles. The first-order valence-electron chi connectivity index (χ1n) is 6.30. The first-order chi connectivity index (χ1) is 9.82. The smallest absolute Gasteiger partial charge is 0.294 e. The Hall–Kier alpha value is -2.16. The lowest BCUT2D eigenvalue weighted by atomic mass is 10.1. The van der Waals surface area contributed by atoms with Crippen LogP contribution in [0.2, 0.25) is 0 Å². The van der Waals surface area contributed by atoms with Crippen LogP contribution < -0.4 is 16.8 Å². The number of alkyl halides is 3. The summed E-state index contributed by atoms with van der Waals surface area (Å²) in [5.74, 6) is 5.34. The van der Waals surface area contributed by atoms with Gasteiger partial charge >= 0.3 is 6.18 Å². The number of pyridine rings is 1. The minimum absolute atomic E-state index is 0.0289. The van der Waals surface area contributed by atoms with Crippen LogP contribution in [0, 0.1) is 6.92 Å². The van der Waals surface area contributed by atoms with Gasteiger partial charge in [-0.3, -0.25) is 14.8 Å². The van der Waals surface area contributed by atoms with Crippen LogP contribution in [-0.4, -0.2) is 14.5 Å². The van der Waals surface area contributed by atoms with Crippen molar-refractivity contribution in [2.24, 2.45) is 5.84 Å². The SMILES string of the molecule is Cc1cc(C(F)(F)F)c2c(=O)nc(NN)n(C3CC3)c2n1. The maximum atomic E-state index is 13.2. The van der Waals surface area contributed by atoms with Gasteiger partial charge in [-0.15, -0.1) is 0 Å². The lowest BCUT2D eigenvalue weighted by molar-refractivity contribution is -0.136. The highest BCUT2D eigenvalue weighted by Crippen LogP contribution is 2.40. The summed E-state index contributed by atoms with van der Waals surface area (Å²) in [5, 5.41) is -0.515. The number of hydrogen-bond acceptors (Lipinski definition) is 5. The van der Waals surface area contributed by atoms with Gasteiger partial charge in [0, 0.05) is 11.7 Å². The normalized spacial score (nSPS) is 15.5. The quantitative estimate of drug-likeness (QED) is 0.651. The summed E-state index contributed by atoms with van der Waals surface area (Å²) in [6.45, 7) is 1.45. The molecule has 1 aliphatic carbocycles. The number of anilines is 1. The zero-order chi connectivity index (χ0) is 15.4. The molecule has 6 nitrogen and oxygen atoms in total. The molecule has 0 unspecified atom stereocenters. The summed E-state index contributed by atoms with van der Waals surface area (Å²) in [7, 11) is 0. The van der Waals surface area contributed by atoms with Crippen molar-refractivity contribution in [3.63, 3.8) is 0 Å². The monoisotopic (exact) mass is 299 g/mol. The highest BCUT2D eigenvalue weighted by molar-refractivity contribution is 5.80. The van der Waals surface area contributed by atoms with Gasteiger partial charge in [0.1, 0.15) is 5.65 Å². The Morgan fingerprint density at radius 2 is 2.05 bits per heavy atom. The fourth-order valence-corrected chi connectivity index (χ4v) is 2.35. The van der Waals surface area contributed by atoms with Crippen molar-refractivity contribution < 1.29 is 13.2 Å². The fraction of sp³-hybridized carbons (Fsp3) is 0.417. The van der Waals surface area contributed by atoms with E-state index in [2.05, 4.69) is 15.4 Å². The summed E-state index contributed by atoms with van der Waals surface area (Å²) in [5.41, 5.74) is 0.402. The zero-order valence-corrected chi connectivity index (χ0v) is 11.0. The lowest BCUT2D eigenvalue weighted by Gasteiger charge is -2.16. The Balaban J connectivity index is 2.48. The minimum Gasteiger partial charge on any atom is -0.294 e. The third-order valence-electron chi connectivity index (χ3n) is 3.35. The van der Waals surface area contributed by atoms with Gasteiger partial charge in [-0.1, -0.05) is 0 Å². The Bertz CT molecular complexity index is 779. The van der Waals surface area contributed by atoms with Crippen LogP contribution in [0.4, 0.5) is 19.1 Å². The maximum absolute atomic E-state index is 13.2. The van der Waals surface area contributed by atoms with Crippen molar-refractivity contribution in [1.29, 1.82) is 0 Å². The van der Waals surface area contributed by atoms with Crippen LogP contribution in [0.5, 0.6) is 0 Å². The average Bonchev–Trinajstić information content (AvgIpc) is 3.20. The standard InChI is InChI=1S/C12H12F3N5O/c1-5-4-7(12(13,14)15)8-9(17-5)20(6-2-3-6)11(19-16)18-10(8)21/h4,6H,2-3,16H2,1H3,(H,18,19,21). The fourth-order valence-electron chi connectivity index (χ4n) is 2.35. The van der Waals surface area contributed by atoms with E-state index in [1.807, 2.05) is 0 Å². The summed E-state index contributed by atoms with van der Waals surface area (Å²) < 4.78 is 41.0. The van der Waals surface area contributed by atoms with Gasteiger partial charge in [-0.25, -0.2) is 10.8 Å². The molecule has 1 saturated carbocycles. The number of nitrogen functional groups attached to an aromatic ring is 1. The highest BCUT2D eigenvalue weighted by atomic mass is 19.4. The van der Waals surface area contributed by atoms with E-state index in [0.717, 1.165) is 18.9 Å². The van der Waals surface area contributed by atoms with E-state index in [9.17, 15) is 18.0 Å². The van der Waals surface area contributed by atoms with Gasteiger partial charge in [0.05, 0.1) is 10.9 Å². The summed E-state index contributed by atoms with van der Waals surface area (Å²) >= 11 is 0. The minimum atomic E-state index is -4.65. The molecule has 2 heterocycles. The number of aromatic nitrogens is 3. The van der Waals surface area contributed by atoms with Crippen LogP contribution in [0.25, 0.3) is 11.0 Å². The number of rotatable bonds is 2. The third-order valence-corrected chi connectivity index (χ3v) is 3.35. The van der Waals surface area contributed by atoms with Gasteiger partial charge < -0.3 is 0 Å². The van der Waals surface area contributed by atoms with Crippen LogP contribution in [0.3, 0.4) is 0 Å². The molecule has 0 aliphatic heterocycles. The number of halogens is 3. The second-order valence-electron chi connectivity index (χ2n) is 4.99. The number of hydrogen-bond donors (Lipinski definition) is 2. The molecular weight excluding hydrogens is 287 g/mol. The van der Waals surface area contributed by atoms with E-state index < -0.39 is 22.7 Å². The number of aryl methyl sites for hydroxylation is 1. The second kappa shape index (κ2) is 4.42. The van der Waals surface area contributed by atoms with E-state index in [1.54, 1.807) is 0 Å². The summed E-state index contributed by atoms with van der Waals surface area (Å²) in [6, 6.07) is 0.820. The molecule has 0 atom stereocenters. The Labute approximate surface area is 116 Å². The summed E-state index contributed by atoms with van der Waals surface area (Å²) in [6.07, 6.45) is -3.08. The molecule has 21 heavy (non-hydrogen) atoms. The maximum Gasteiger partial charge on any atom is 0.417 e. The molecule has 1 aliphatic rings. The van der Waals surface area contributed by atoms with Crippen molar-refractivity contribution in [2.75, 3.05) is 5.43 Å². The van der Waals surface area contributed by atoms with E-state index in [4.69, 9.17) is 5.84 Å². The Morgan fingerprint density at radius 1 is 1.38 bits per heavy atom. The molecule has 112 valence electrons. The number of nitrogens with zero attached hydrogens (tertiary/aromatic N) is 3. The zero-order valence-electron chi connectivity index (χ0n) is 11.0. The van der Waals surface area contributed by atoms with Crippen LogP contribution in [0.1, 0.15) is 30.1 Å². The number of fused-ring (bicyclic) bond motifs is 1. The first-order valence-corrected chi connectivity index (χ1v) is 6.30. The Morgan fingerprint density at radius 3 is 2.57 bits per heavy atom. The molecule has 3 N–H and O–H groups in total. The van der Waals surface area contributed by atoms with Gasteiger partial charge in [0.25, 0.3) is 5.56 Å². The van der Waals surface area contributed by atoms with Gasteiger partial charge in [-0.05, 0) is 25.8 Å². The number of nitrogens with one attached hydrogen (secondary N) is 1. The van der Waals surface area contributed by atoms with E-state index in [0.29, 0.717) is 0 Å². The second-order valence-corrected chi connectivity index (χ2v) is 4.99. The molecule has 0 bridgehead atoms. The van der Waals surface area contributed by atoms with Crippen molar-refractivity contribution in [3.05, 3.63) is 27.7 Å². The third kappa shape index (κ3) is 2.23.